The van der Waals surface area contributed by atoms with E-state index in [0.717, 1.165) is 31.3 Å². The Labute approximate surface area is 114 Å². The van der Waals surface area contributed by atoms with Gasteiger partial charge < -0.3 is 9.47 Å². The lowest BCUT2D eigenvalue weighted by atomic mass is 10.2. The van der Waals surface area contributed by atoms with Gasteiger partial charge in [-0.05, 0) is 50.4 Å². The first-order valence-electron chi connectivity index (χ1n) is 4.48. The molecule has 0 radical (unpaired) electrons. The molecule has 1 heterocycles. The Balaban J connectivity index is 2.23. The molecule has 15 heavy (non-hydrogen) atoms. The maximum absolute atomic E-state index is 5.69. The van der Waals surface area contributed by atoms with Gasteiger partial charge >= 0.3 is 0 Å². The maximum atomic E-state index is 5.69. The Bertz CT molecular complexity index is 389. The van der Waals surface area contributed by atoms with Crippen LogP contribution in [-0.2, 0) is 4.74 Å². The molecule has 2 rings (SSSR count). The molecule has 1 saturated heterocycles. The van der Waals surface area contributed by atoms with Crippen LogP contribution in [0.3, 0.4) is 0 Å². The summed E-state index contributed by atoms with van der Waals surface area (Å²) in [4.78, 5) is 0. The monoisotopic (exact) mass is 398 g/mol. The van der Waals surface area contributed by atoms with Crippen LogP contribution in [0.25, 0.3) is 0 Å². The zero-order valence-corrected chi connectivity index (χ0v) is 12.8. The average Bonchev–Trinajstić information content (AvgIpc) is 2.98. The zero-order chi connectivity index (χ0) is 11.0. The fourth-order valence-electron chi connectivity index (χ4n) is 1.14. The number of benzene rings is 1. The first-order valence-corrected chi connectivity index (χ1v) is 6.86. The molecule has 0 aromatic heterocycles. The van der Waals surface area contributed by atoms with Crippen LogP contribution in [0.15, 0.2) is 19.5 Å². The molecule has 1 unspecified atom stereocenters. The highest BCUT2D eigenvalue weighted by atomic mass is 79.9. The van der Waals surface area contributed by atoms with E-state index in [1.54, 1.807) is 0 Å². The van der Waals surface area contributed by atoms with Crippen molar-refractivity contribution in [2.24, 2.45) is 0 Å². The van der Waals surface area contributed by atoms with E-state index in [9.17, 15) is 0 Å². The SMILES string of the molecule is Cc1c(Br)cc(Br)c(OCC2CO2)c1Br. The molecule has 0 aliphatic carbocycles. The summed E-state index contributed by atoms with van der Waals surface area (Å²) in [6.07, 6.45) is 0.271. The molecule has 0 amide bonds. The summed E-state index contributed by atoms with van der Waals surface area (Å²) in [5, 5.41) is 0. The van der Waals surface area contributed by atoms with Gasteiger partial charge in [0.05, 0.1) is 15.6 Å². The summed E-state index contributed by atoms with van der Waals surface area (Å²) in [6, 6.07) is 1.99. The van der Waals surface area contributed by atoms with E-state index in [-0.39, 0.29) is 6.10 Å². The van der Waals surface area contributed by atoms with Crippen LogP contribution in [0, 0.1) is 6.92 Å². The van der Waals surface area contributed by atoms with Crippen molar-refractivity contribution in [1.82, 2.24) is 0 Å². The lowest BCUT2D eigenvalue weighted by Gasteiger charge is -2.12. The highest BCUT2D eigenvalue weighted by molar-refractivity contribution is 9.11. The summed E-state index contributed by atoms with van der Waals surface area (Å²) in [5.41, 5.74) is 1.13. The van der Waals surface area contributed by atoms with E-state index in [2.05, 4.69) is 47.8 Å². The Morgan fingerprint density at radius 3 is 2.67 bits per heavy atom. The van der Waals surface area contributed by atoms with E-state index in [1.165, 1.54) is 0 Å². The molecule has 1 aliphatic rings. The fourth-order valence-corrected chi connectivity index (χ4v) is 3.49. The third kappa shape index (κ3) is 2.75. The molecule has 2 nitrogen and oxygen atoms in total. The third-order valence-corrected chi connectivity index (χ3v) is 4.54. The van der Waals surface area contributed by atoms with Gasteiger partial charge in [0, 0.05) is 4.47 Å². The van der Waals surface area contributed by atoms with Gasteiger partial charge in [-0.1, -0.05) is 15.9 Å². The minimum atomic E-state index is 0.271. The summed E-state index contributed by atoms with van der Waals surface area (Å²) in [7, 11) is 0. The Hall–Kier alpha value is 0.420. The van der Waals surface area contributed by atoms with E-state index < -0.39 is 0 Å². The topological polar surface area (TPSA) is 21.8 Å². The number of ether oxygens (including phenoxy) is 2. The van der Waals surface area contributed by atoms with Crippen LogP contribution in [0.5, 0.6) is 5.75 Å². The molecule has 5 heteroatoms. The second kappa shape index (κ2) is 4.73. The van der Waals surface area contributed by atoms with Gasteiger partial charge in [-0.3, -0.25) is 0 Å². The molecule has 1 aromatic carbocycles. The van der Waals surface area contributed by atoms with Gasteiger partial charge in [-0.2, -0.15) is 0 Å². The van der Waals surface area contributed by atoms with Crippen molar-refractivity contribution in [2.75, 3.05) is 13.2 Å². The minimum absolute atomic E-state index is 0.271. The number of halogens is 3. The molecule has 1 atom stereocenters. The minimum Gasteiger partial charge on any atom is -0.488 e. The molecule has 1 aliphatic heterocycles. The van der Waals surface area contributed by atoms with Gasteiger partial charge in [0.1, 0.15) is 18.5 Å². The quantitative estimate of drug-likeness (QED) is 0.714. The van der Waals surface area contributed by atoms with Crippen molar-refractivity contribution in [3.8, 4) is 5.75 Å². The molecule has 82 valence electrons. The summed E-state index contributed by atoms with van der Waals surface area (Å²) in [5.74, 6) is 0.839. The van der Waals surface area contributed by atoms with Crippen molar-refractivity contribution < 1.29 is 9.47 Å². The highest BCUT2D eigenvalue weighted by Gasteiger charge is 2.24. The largest absolute Gasteiger partial charge is 0.488 e. The van der Waals surface area contributed by atoms with Crippen LogP contribution < -0.4 is 4.74 Å². The lowest BCUT2D eigenvalue weighted by Crippen LogP contribution is -2.05. The van der Waals surface area contributed by atoms with Crippen molar-refractivity contribution in [3.63, 3.8) is 0 Å². The van der Waals surface area contributed by atoms with Crippen LogP contribution in [-0.4, -0.2) is 19.3 Å². The van der Waals surface area contributed by atoms with E-state index >= 15 is 0 Å². The predicted octanol–water partition coefficient (Wildman–Crippen LogP) is 4.06. The fraction of sp³-hybridized carbons (Fsp3) is 0.400. The second-order valence-corrected chi connectivity index (χ2v) is 5.88. The number of epoxide rings is 1. The van der Waals surface area contributed by atoms with E-state index in [0.29, 0.717) is 6.61 Å². The number of rotatable bonds is 3. The Morgan fingerprint density at radius 2 is 2.07 bits per heavy atom. The zero-order valence-electron chi connectivity index (χ0n) is 8.02. The highest BCUT2D eigenvalue weighted by Crippen LogP contribution is 2.40. The summed E-state index contributed by atoms with van der Waals surface area (Å²) >= 11 is 10.5. The van der Waals surface area contributed by atoms with Crippen molar-refractivity contribution in [1.29, 1.82) is 0 Å². The standard InChI is InChI=1S/C10H9Br3O2/c1-5-7(11)2-8(12)10(9(5)13)15-4-6-3-14-6/h2,6H,3-4H2,1H3. The van der Waals surface area contributed by atoms with Gasteiger partial charge in [0.2, 0.25) is 0 Å². The average molecular weight is 401 g/mol. The van der Waals surface area contributed by atoms with Crippen molar-refractivity contribution in [3.05, 3.63) is 25.0 Å². The van der Waals surface area contributed by atoms with Gasteiger partial charge in [-0.15, -0.1) is 0 Å². The van der Waals surface area contributed by atoms with Crippen molar-refractivity contribution >= 4 is 47.8 Å². The molecule has 0 spiro atoms. The first kappa shape index (κ1) is 11.9. The molecular formula is C10H9Br3O2. The molecule has 0 N–H and O–H groups in total. The van der Waals surface area contributed by atoms with Gasteiger partial charge in [0.15, 0.2) is 0 Å². The summed E-state index contributed by atoms with van der Waals surface area (Å²) in [6.45, 7) is 3.45. The number of hydrogen-bond acceptors (Lipinski definition) is 2. The van der Waals surface area contributed by atoms with Crippen LogP contribution in [0.2, 0.25) is 0 Å². The van der Waals surface area contributed by atoms with Gasteiger partial charge in [-0.25, -0.2) is 0 Å². The molecular weight excluding hydrogens is 392 g/mol. The van der Waals surface area contributed by atoms with Crippen LogP contribution in [0.1, 0.15) is 5.56 Å². The maximum Gasteiger partial charge on any atom is 0.148 e. The Kier molecular flexibility index (Phi) is 3.75. The summed E-state index contributed by atoms with van der Waals surface area (Å²) < 4.78 is 13.8. The first-order chi connectivity index (χ1) is 7.09. The number of hydrogen-bond donors (Lipinski definition) is 0. The molecule has 0 bridgehead atoms. The molecule has 1 fully saturated rings. The predicted molar refractivity (Wildman–Crippen MR) is 69.5 cm³/mol. The van der Waals surface area contributed by atoms with E-state index in [4.69, 9.17) is 9.47 Å². The molecule has 0 saturated carbocycles. The normalized spacial score (nSPS) is 19.1. The van der Waals surface area contributed by atoms with Crippen molar-refractivity contribution in [2.45, 2.75) is 13.0 Å². The lowest BCUT2D eigenvalue weighted by molar-refractivity contribution is 0.260. The van der Waals surface area contributed by atoms with Crippen LogP contribution >= 0.6 is 47.8 Å². The molecule has 1 aromatic rings. The van der Waals surface area contributed by atoms with E-state index in [1.807, 2.05) is 13.0 Å². The smallest absolute Gasteiger partial charge is 0.148 e. The third-order valence-electron chi connectivity index (χ3n) is 2.17. The second-order valence-electron chi connectivity index (χ2n) is 3.37. The van der Waals surface area contributed by atoms with Gasteiger partial charge in [0.25, 0.3) is 0 Å². The van der Waals surface area contributed by atoms with Crippen LogP contribution in [0.4, 0.5) is 0 Å². The Morgan fingerprint density at radius 1 is 1.40 bits per heavy atom.